The minimum Gasteiger partial charge on any atom is -0.496 e. The Morgan fingerprint density at radius 1 is 1.37 bits per heavy atom. The van der Waals surface area contributed by atoms with Gasteiger partial charge >= 0.3 is 0 Å². The van der Waals surface area contributed by atoms with Crippen molar-refractivity contribution in [2.24, 2.45) is 7.05 Å². The number of nitrogens with zero attached hydrogens (tertiary/aromatic N) is 3. The van der Waals surface area contributed by atoms with Crippen LogP contribution in [-0.2, 0) is 7.05 Å². The number of benzene rings is 1. The zero-order chi connectivity index (χ0) is 14.0. The van der Waals surface area contributed by atoms with Gasteiger partial charge in [0.05, 0.1) is 7.11 Å². The first kappa shape index (κ1) is 13.9. The first-order chi connectivity index (χ1) is 9.08. The normalized spacial score (nSPS) is 10.5. The van der Waals surface area contributed by atoms with E-state index in [2.05, 4.69) is 10.2 Å². The van der Waals surface area contributed by atoms with Gasteiger partial charge < -0.3 is 4.74 Å². The number of halogens is 1. The molecule has 0 amide bonds. The van der Waals surface area contributed by atoms with Crippen LogP contribution in [0, 0.1) is 0 Å². The van der Waals surface area contributed by atoms with Gasteiger partial charge in [0.25, 0.3) is 5.56 Å². The predicted octanol–water partition coefficient (Wildman–Crippen LogP) is 2.23. The second kappa shape index (κ2) is 5.63. The number of hydrogen-bond donors (Lipinski definition) is 0. The molecule has 5 nitrogen and oxygen atoms in total. The van der Waals surface area contributed by atoms with E-state index in [0.717, 1.165) is 0 Å². The van der Waals surface area contributed by atoms with Crippen molar-refractivity contribution >= 4 is 23.4 Å². The molecule has 1 heterocycles. The fourth-order valence-corrected chi connectivity index (χ4v) is 2.30. The second-order valence-corrected chi connectivity index (χ2v) is 4.95. The predicted molar refractivity (Wildman–Crippen MR) is 76.1 cm³/mol. The smallest absolute Gasteiger partial charge is 0.280 e. The SMILES string of the molecule is COc1cc(Cl)ccc1-c1nnc(SC)n(C)c1=O. The van der Waals surface area contributed by atoms with E-state index in [0.29, 0.717) is 21.5 Å². The minimum absolute atomic E-state index is 0.222. The van der Waals surface area contributed by atoms with Gasteiger partial charge in [-0.25, -0.2) is 0 Å². The molecule has 0 aliphatic carbocycles. The molecule has 0 aliphatic heterocycles. The zero-order valence-electron chi connectivity index (χ0n) is 10.7. The van der Waals surface area contributed by atoms with E-state index in [4.69, 9.17) is 16.3 Å². The maximum atomic E-state index is 12.3. The molecule has 0 N–H and O–H groups in total. The van der Waals surface area contributed by atoms with Crippen LogP contribution in [0.15, 0.2) is 28.2 Å². The van der Waals surface area contributed by atoms with Crippen molar-refractivity contribution in [2.45, 2.75) is 5.16 Å². The highest BCUT2D eigenvalue weighted by Gasteiger charge is 2.15. The Kier molecular flexibility index (Phi) is 4.11. The molecule has 1 aromatic heterocycles. The lowest BCUT2D eigenvalue weighted by Crippen LogP contribution is -2.23. The quantitative estimate of drug-likeness (QED) is 0.813. The lowest BCUT2D eigenvalue weighted by molar-refractivity contribution is 0.416. The number of rotatable bonds is 3. The summed E-state index contributed by atoms with van der Waals surface area (Å²) >= 11 is 7.26. The van der Waals surface area contributed by atoms with E-state index in [1.165, 1.54) is 23.4 Å². The summed E-state index contributed by atoms with van der Waals surface area (Å²) in [4.78, 5) is 12.3. The van der Waals surface area contributed by atoms with E-state index in [-0.39, 0.29) is 11.3 Å². The maximum Gasteiger partial charge on any atom is 0.280 e. The fourth-order valence-electron chi connectivity index (χ4n) is 1.66. The van der Waals surface area contributed by atoms with E-state index in [9.17, 15) is 4.79 Å². The number of hydrogen-bond acceptors (Lipinski definition) is 5. The second-order valence-electron chi connectivity index (χ2n) is 3.74. The molecular formula is C12H12ClN3O2S. The van der Waals surface area contributed by atoms with Gasteiger partial charge in [0, 0.05) is 17.6 Å². The Morgan fingerprint density at radius 2 is 2.11 bits per heavy atom. The number of aromatic nitrogens is 3. The van der Waals surface area contributed by atoms with Crippen LogP contribution >= 0.6 is 23.4 Å². The summed E-state index contributed by atoms with van der Waals surface area (Å²) in [5.74, 6) is 0.496. The maximum absolute atomic E-state index is 12.3. The Morgan fingerprint density at radius 3 is 2.74 bits per heavy atom. The molecular weight excluding hydrogens is 286 g/mol. The lowest BCUT2D eigenvalue weighted by atomic mass is 10.1. The number of thioether (sulfide) groups is 1. The molecule has 0 radical (unpaired) electrons. The van der Waals surface area contributed by atoms with Crippen LogP contribution in [0.5, 0.6) is 5.75 Å². The summed E-state index contributed by atoms with van der Waals surface area (Å²) in [6, 6.07) is 5.02. The van der Waals surface area contributed by atoms with Crippen molar-refractivity contribution in [3.8, 4) is 17.0 Å². The molecule has 100 valence electrons. The largest absolute Gasteiger partial charge is 0.496 e. The molecule has 0 unspecified atom stereocenters. The number of methoxy groups -OCH3 is 1. The summed E-state index contributed by atoms with van der Waals surface area (Å²) in [6.45, 7) is 0. The van der Waals surface area contributed by atoms with E-state index in [1.807, 2.05) is 6.26 Å². The Hall–Kier alpha value is -1.53. The summed E-state index contributed by atoms with van der Waals surface area (Å²) < 4.78 is 6.69. The van der Waals surface area contributed by atoms with Gasteiger partial charge in [-0.15, -0.1) is 10.2 Å². The van der Waals surface area contributed by atoms with Crippen LogP contribution < -0.4 is 10.3 Å². The molecule has 0 spiro atoms. The van der Waals surface area contributed by atoms with Crippen LogP contribution in [0.2, 0.25) is 5.02 Å². The Bertz CT molecular complexity index is 673. The van der Waals surface area contributed by atoms with Gasteiger partial charge in [-0.2, -0.15) is 0 Å². The third-order valence-corrected chi connectivity index (χ3v) is 3.59. The summed E-state index contributed by atoms with van der Waals surface area (Å²) in [7, 11) is 3.18. The van der Waals surface area contributed by atoms with Crippen LogP contribution in [0.3, 0.4) is 0 Å². The van der Waals surface area contributed by atoms with Crippen LogP contribution in [0.4, 0.5) is 0 Å². The summed E-state index contributed by atoms with van der Waals surface area (Å²) in [5, 5.41) is 9.10. The molecule has 0 saturated heterocycles. The van der Waals surface area contributed by atoms with E-state index < -0.39 is 0 Å². The van der Waals surface area contributed by atoms with Gasteiger partial charge in [-0.3, -0.25) is 9.36 Å². The van der Waals surface area contributed by atoms with Gasteiger partial charge in [-0.05, 0) is 24.5 Å². The molecule has 7 heteroatoms. The molecule has 0 fully saturated rings. The van der Waals surface area contributed by atoms with Crippen LogP contribution in [0.25, 0.3) is 11.3 Å². The molecule has 2 aromatic rings. The average molecular weight is 298 g/mol. The standard InChI is InChI=1S/C12H12ClN3O2S/c1-16-11(17)10(14-15-12(16)19-3)8-5-4-7(13)6-9(8)18-2/h4-6H,1-3H3. The van der Waals surface area contributed by atoms with Crippen molar-refractivity contribution in [3.05, 3.63) is 33.6 Å². The Labute approximate surface area is 119 Å². The van der Waals surface area contributed by atoms with Gasteiger partial charge in [-0.1, -0.05) is 23.4 Å². The van der Waals surface area contributed by atoms with Gasteiger partial charge in [0.1, 0.15) is 5.75 Å². The van der Waals surface area contributed by atoms with Crippen LogP contribution in [-0.4, -0.2) is 28.1 Å². The minimum atomic E-state index is -0.222. The van der Waals surface area contributed by atoms with Crippen molar-refractivity contribution in [1.82, 2.24) is 14.8 Å². The van der Waals surface area contributed by atoms with Crippen molar-refractivity contribution < 1.29 is 4.74 Å². The highest BCUT2D eigenvalue weighted by atomic mass is 35.5. The highest BCUT2D eigenvalue weighted by Crippen LogP contribution is 2.29. The lowest BCUT2D eigenvalue weighted by Gasteiger charge is -2.09. The molecule has 19 heavy (non-hydrogen) atoms. The molecule has 0 aliphatic rings. The molecule has 2 rings (SSSR count). The summed E-state index contributed by atoms with van der Waals surface area (Å²) in [6.07, 6.45) is 1.84. The molecule has 1 aromatic carbocycles. The first-order valence-corrected chi connectivity index (χ1v) is 7.00. The molecule has 0 atom stereocenters. The molecule has 0 bridgehead atoms. The number of ether oxygens (including phenoxy) is 1. The topological polar surface area (TPSA) is 57.0 Å². The zero-order valence-corrected chi connectivity index (χ0v) is 12.2. The van der Waals surface area contributed by atoms with Crippen molar-refractivity contribution in [2.75, 3.05) is 13.4 Å². The van der Waals surface area contributed by atoms with E-state index >= 15 is 0 Å². The third kappa shape index (κ3) is 2.59. The van der Waals surface area contributed by atoms with E-state index in [1.54, 1.807) is 25.2 Å². The average Bonchev–Trinajstić information content (AvgIpc) is 2.42. The first-order valence-electron chi connectivity index (χ1n) is 5.40. The van der Waals surface area contributed by atoms with Gasteiger partial charge in [0.2, 0.25) is 0 Å². The fraction of sp³-hybridized carbons (Fsp3) is 0.250. The Balaban J connectivity index is 2.66. The third-order valence-electron chi connectivity index (χ3n) is 2.63. The monoisotopic (exact) mass is 297 g/mol. The van der Waals surface area contributed by atoms with Gasteiger partial charge in [0.15, 0.2) is 10.9 Å². The van der Waals surface area contributed by atoms with Crippen molar-refractivity contribution in [3.63, 3.8) is 0 Å². The highest BCUT2D eigenvalue weighted by molar-refractivity contribution is 7.98. The molecule has 0 saturated carbocycles. The van der Waals surface area contributed by atoms with Crippen LogP contribution in [0.1, 0.15) is 0 Å². The van der Waals surface area contributed by atoms with Crippen molar-refractivity contribution in [1.29, 1.82) is 0 Å². The summed E-state index contributed by atoms with van der Waals surface area (Å²) in [5.41, 5.74) is 0.599.